The van der Waals surface area contributed by atoms with Crippen molar-refractivity contribution in [3.05, 3.63) is 0 Å². The summed E-state index contributed by atoms with van der Waals surface area (Å²) in [4.78, 5) is 25.7. The molecule has 0 aliphatic carbocycles. The predicted octanol–water partition coefficient (Wildman–Crippen LogP) is -29.0. The Labute approximate surface area is 845 Å². The molecule has 13 aliphatic rings. The molecule has 0 saturated carbocycles. The first-order valence-corrected chi connectivity index (χ1v) is 47.7. The average molecular weight is 2210 g/mol. The number of rotatable bonds is 39. The number of amides is 2. The lowest BCUT2D eigenvalue weighted by atomic mass is 9.94. The molecule has 13 aliphatic heterocycles. The molecule has 0 radical (unpaired) electrons. The molecule has 0 aromatic rings. The number of aliphatic hydroxyl groups excluding tert-OH is 39. The van der Waals surface area contributed by atoms with Gasteiger partial charge in [0.05, 0.1) is 85.9 Å². The van der Waals surface area contributed by atoms with E-state index in [4.69, 9.17) is 118 Å². The fourth-order valence-corrected chi connectivity index (χ4v) is 19.3. The largest absolute Gasteiger partial charge is 0.394 e. The van der Waals surface area contributed by atoms with E-state index in [9.17, 15) is 209 Å². The smallest absolute Gasteiger partial charge is 0.217 e. The molecule has 0 spiro atoms. The normalized spacial score (nSPS) is 52.1. The summed E-state index contributed by atoms with van der Waals surface area (Å²) < 4.78 is 148. The maximum atomic E-state index is 13.3. The SMILES string of the molecule is CC(=O)N[C@H]1[C@H](O[C@H]2[C@H](O)[C@@H](NC(C)=O)C(O)O[C@@H]2CO)O[C@H](CO)[C@@H](O[C@@H]2O[C@H](CO[C@H]3O[C@H](CO[C@H]4O[C@H](CO)[C@@H](O)[C@H](O)[C@@H]4O[C@H]4O[C@H](CO)[C@@H](O)[C@H](O)[C@@H]4O)[C@@H](O)[C@H](O[C@H]4O[C@H](CO)[C@@H](O)[C@H](O)[C@@H]4O[C@H]4O[C@H](CO)[C@@H](O)[C@H](O)[C@@H]4O)[C@@H]3O)[C@@H](O)[C@H](O[C@H]3O[C@H](CO[C@H]4O[C@H](CO)[C@@H](O)[C@H](O)[C@@H]4O[C@H]4O[C@H](CO)[C@@H](O)[C@H](O)[C@@H]4O)[C@@H](O)[C@H](O)[C@@H]3O[C@H]3O[C@H](CO)[C@@H](O)[C@H](O)[C@@H]3O[C@H]3O[C@H](CO)[C@@H](O)[C@H](O)[C@@H]3O)[C@@H]2O)[C@@H]1O. The third kappa shape index (κ3) is 26.4. The molecule has 1 unspecified atom stereocenters. The van der Waals surface area contributed by atoms with Crippen LogP contribution < -0.4 is 10.6 Å². The zero-order valence-electron chi connectivity index (χ0n) is 79.2. The van der Waals surface area contributed by atoms with Gasteiger partial charge in [-0.2, -0.15) is 0 Å². The predicted molar refractivity (Wildman–Crippen MR) is 451 cm³/mol. The van der Waals surface area contributed by atoms with Gasteiger partial charge in [-0.15, -0.1) is 0 Å². The first kappa shape index (κ1) is 123. The number of ether oxygens (including phenoxy) is 25. The Kier molecular flexibility index (Phi) is 44.2. The highest BCUT2D eigenvalue weighted by molar-refractivity contribution is 5.73. The van der Waals surface area contributed by atoms with Crippen LogP contribution in [-0.4, -0.2) is 696 Å². The number of hydrogen-bond donors (Lipinski definition) is 41. The van der Waals surface area contributed by atoms with Crippen LogP contribution in [0.1, 0.15) is 13.8 Å². The van der Waals surface area contributed by atoms with Crippen molar-refractivity contribution in [1.82, 2.24) is 10.6 Å². The van der Waals surface area contributed by atoms with E-state index in [-0.39, 0.29) is 0 Å². The molecule has 68 heteroatoms. The molecule has 2 amide bonds. The lowest BCUT2D eigenvalue weighted by molar-refractivity contribution is -0.411. The van der Waals surface area contributed by atoms with Crippen molar-refractivity contribution in [2.45, 2.75) is 413 Å². The summed E-state index contributed by atoms with van der Waals surface area (Å²) >= 11 is 0. The second kappa shape index (κ2) is 53.8. The van der Waals surface area contributed by atoms with Crippen LogP contribution in [0.2, 0.25) is 0 Å². The molecule has 65 atom stereocenters. The highest BCUT2D eigenvalue weighted by Crippen LogP contribution is 2.43. The van der Waals surface area contributed by atoms with E-state index in [1.807, 2.05) is 0 Å². The van der Waals surface area contributed by atoms with Gasteiger partial charge in [0.25, 0.3) is 0 Å². The lowest BCUT2D eigenvalue weighted by Gasteiger charge is -2.51. The molecule has 0 aromatic heterocycles. The Balaban J connectivity index is 0.899. The average Bonchev–Trinajstić information content (AvgIpc) is 0.753. The molecule has 13 heterocycles. The third-order valence-corrected chi connectivity index (χ3v) is 28.0. The van der Waals surface area contributed by atoms with Gasteiger partial charge in [0, 0.05) is 13.8 Å². The Hall–Kier alpha value is -3.62. The van der Waals surface area contributed by atoms with Crippen LogP contribution in [0.15, 0.2) is 0 Å². The van der Waals surface area contributed by atoms with Gasteiger partial charge in [0.1, 0.15) is 317 Å². The van der Waals surface area contributed by atoms with Crippen LogP contribution in [-0.2, 0) is 128 Å². The molecular formula is C82H138N2O66. The third-order valence-electron chi connectivity index (χ3n) is 28.0. The summed E-state index contributed by atoms with van der Waals surface area (Å²) in [6, 6.07) is -3.88. The van der Waals surface area contributed by atoms with Gasteiger partial charge in [-0.25, -0.2) is 0 Å². The molecule has 872 valence electrons. The van der Waals surface area contributed by atoms with Crippen molar-refractivity contribution >= 4 is 11.8 Å². The van der Waals surface area contributed by atoms with Gasteiger partial charge in [-0.05, 0) is 0 Å². The van der Waals surface area contributed by atoms with Crippen molar-refractivity contribution in [2.24, 2.45) is 0 Å². The molecule has 13 saturated heterocycles. The van der Waals surface area contributed by atoms with Gasteiger partial charge in [-0.1, -0.05) is 0 Å². The van der Waals surface area contributed by atoms with Crippen LogP contribution in [0.4, 0.5) is 0 Å². The van der Waals surface area contributed by atoms with E-state index >= 15 is 0 Å². The van der Waals surface area contributed by atoms with Gasteiger partial charge < -0.3 is 328 Å². The summed E-state index contributed by atoms with van der Waals surface area (Å²) in [5, 5.41) is 444. The summed E-state index contributed by atoms with van der Waals surface area (Å²) in [6.45, 7) is -14.0. The zero-order chi connectivity index (χ0) is 110. The second-order valence-electron chi connectivity index (χ2n) is 38.0. The number of hydrogen-bond acceptors (Lipinski definition) is 66. The van der Waals surface area contributed by atoms with Crippen LogP contribution in [0, 0.1) is 0 Å². The first-order valence-electron chi connectivity index (χ1n) is 47.7. The Bertz CT molecular complexity index is 4070. The van der Waals surface area contributed by atoms with Gasteiger partial charge >= 0.3 is 0 Å². The first-order chi connectivity index (χ1) is 71.1. The summed E-state index contributed by atoms with van der Waals surface area (Å²) in [6.07, 6.45) is -145. The van der Waals surface area contributed by atoms with Crippen molar-refractivity contribution in [3.63, 3.8) is 0 Å². The van der Waals surface area contributed by atoms with Crippen molar-refractivity contribution in [3.8, 4) is 0 Å². The second-order valence-corrected chi connectivity index (χ2v) is 38.0. The van der Waals surface area contributed by atoms with Gasteiger partial charge in [0.15, 0.2) is 81.8 Å². The zero-order valence-corrected chi connectivity index (χ0v) is 79.2. The molecule has 0 aromatic carbocycles. The minimum Gasteiger partial charge on any atom is -0.394 e. The number of aliphatic hydroxyl groups is 39. The number of carbonyl (C=O) groups excluding carboxylic acids is 2. The molecule has 41 N–H and O–H groups in total. The van der Waals surface area contributed by atoms with Crippen LogP contribution >= 0.6 is 0 Å². The topological polar surface area (TPSA) is 1080 Å². The monoisotopic (exact) mass is 2210 g/mol. The molecule has 13 fully saturated rings. The fraction of sp³-hybridized carbons (Fsp3) is 0.976. The van der Waals surface area contributed by atoms with Crippen molar-refractivity contribution in [2.75, 3.05) is 85.9 Å². The lowest BCUT2D eigenvalue weighted by Crippen LogP contribution is -2.70. The summed E-state index contributed by atoms with van der Waals surface area (Å²) in [5.74, 6) is -1.93. The fourth-order valence-electron chi connectivity index (χ4n) is 19.3. The summed E-state index contributed by atoms with van der Waals surface area (Å²) in [5.41, 5.74) is 0. The molecular weight excluding hydrogens is 2070 g/mol. The van der Waals surface area contributed by atoms with Crippen molar-refractivity contribution < 1.29 is 327 Å². The van der Waals surface area contributed by atoms with E-state index in [0.717, 1.165) is 13.8 Å². The van der Waals surface area contributed by atoms with Crippen LogP contribution in [0.3, 0.4) is 0 Å². The van der Waals surface area contributed by atoms with Crippen LogP contribution in [0.5, 0.6) is 0 Å². The van der Waals surface area contributed by atoms with E-state index in [1.54, 1.807) is 0 Å². The maximum absolute atomic E-state index is 13.3. The Morgan fingerprint density at radius 2 is 0.367 bits per heavy atom. The highest BCUT2D eigenvalue weighted by Gasteiger charge is 2.64. The maximum Gasteiger partial charge on any atom is 0.217 e. The Morgan fingerprint density at radius 3 is 0.680 bits per heavy atom. The van der Waals surface area contributed by atoms with E-state index in [1.165, 1.54) is 0 Å². The van der Waals surface area contributed by atoms with Gasteiger partial charge in [0.2, 0.25) is 11.8 Å². The van der Waals surface area contributed by atoms with Crippen molar-refractivity contribution in [1.29, 1.82) is 0 Å². The molecule has 150 heavy (non-hydrogen) atoms. The highest BCUT2D eigenvalue weighted by atomic mass is 16.8. The summed E-state index contributed by atoms with van der Waals surface area (Å²) in [7, 11) is 0. The molecule has 13 rings (SSSR count). The number of carbonyl (C=O) groups is 2. The minimum absolute atomic E-state index is 0.865. The van der Waals surface area contributed by atoms with E-state index in [0.29, 0.717) is 0 Å². The van der Waals surface area contributed by atoms with E-state index < -0.39 is 497 Å². The number of nitrogens with one attached hydrogen (secondary N) is 2. The quantitative estimate of drug-likeness (QED) is 0.0272. The minimum atomic E-state index is -2.88. The molecule has 68 nitrogen and oxygen atoms in total. The van der Waals surface area contributed by atoms with E-state index in [2.05, 4.69) is 10.6 Å². The standard InChI is InChI=1S/C82H138N2O66/c1-16(95)83-31-44(108)61(26(11-93)129-70(31)125)142-71-32(84-17(2)96)45(109)62(27(12-94)138-71)143-77-60(124)64(145-82-69(150-81-68(53(117)40(104)25(10-92)137-81)149-76-58(122)49(113)36(100)21(6-88)133-76)54(118)41(105)28(141-82)13-127-78-65(50(114)37(101)22(7-89)134-78)146-73-55(119)46(110)33(97)18(3-85)130-73)43(107)30(140-77)14-126-72-59(123)63(144-80-67(52(116)39(103)24(9-91)136-80)148-75-57(121)48(112)35(99)20(5-87)132-75)42(106)29(139-72)15-128-79-66(51(115)38(102)23(8-90)135-79)147-74-56(120)47(111)34(98)19(4-86)131-74/h18-82,85-94,97-125H,3-15H2,1-2H3,(H,83,95)(H,84,96)/t18-,19-,20-,21-,22-,23-,24-,25-,26-,27-,28-,29-,30-,31-,32-,33-,34-,35-,36-,37-,38-,39-,40-,41-,42-,43-,44-,45-,46+,47+,48+,49+,50+,51+,52+,53+,54+,55+,56+,57+,58+,59+,60+,61-,62-,63+,64+,65+,66+,67+,68+,69+,70?,71+,72+,73-,74-,75-,76-,77+,78+,79+,80-,81-,82-/m1/s1. The Morgan fingerprint density at radius 1 is 0.173 bits per heavy atom. The van der Waals surface area contributed by atoms with Crippen LogP contribution in [0.25, 0.3) is 0 Å². The van der Waals surface area contributed by atoms with Gasteiger partial charge in [-0.3, -0.25) is 9.59 Å². The molecule has 0 bridgehead atoms.